The molecule has 0 bridgehead atoms. The Balaban J connectivity index is 1.79. The van der Waals surface area contributed by atoms with Gasteiger partial charge in [-0.05, 0) is 24.6 Å². The molecule has 1 aliphatic rings. The first-order valence-corrected chi connectivity index (χ1v) is 6.50. The zero-order valence-corrected chi connectivity index (χ0v) is 11.2. The normalized spacial score (nSPS) is 15.0. The number of carbonyl (C=O) groups is 2. The Morgan fingerprint density at radius 1 is 1.47 bits per heavy atom. The van der Waals surface area contributed by atoms with Crippen LogP contribution in [0.15, 0.2) is 24.3 Å². The predicted octanol–water partition coefficient (Wildman–Crippen LogP) is 1.91. The second-order valence-corrected chi connectivity index (χ2v) is 4.66. The topological polar surface area (TPSA) is 58.6 Å². The highest BCUT2D eigenvalue weighted by Crippen LogP contribution is 2.10. The van der Waals surface area contributed by atoms with Crippen molar-refractivity contribution in [2.24, 2.45) is 0 Å². The number of cyclic esters (lactones) is 1. The fraction of sp³-hybridized carbons (Fsp3) is 0.385. The van der Waals surface area contributed by atoms with Crippen molar-refractivity contribution in [2.75, 3.05) is 26.2 Å². The van der Waals surface area contributed by atoms with Crippen LogP contribution in [-0.2, 0) is 4.74 Å². The summed E-state index contributed by atoms with van der Waals surface area (Å²) in [5, 5.41) is 3.27. The smallest absolute Gasteiger partial charge is 0.409 e. The molecule has 1 N–H and O–H groups in total. The third-order valence-corrected chi connectivity index (χ3v) is 3.05. The second kappa shape index (κ2) is 6.43. The molecular formula is C13H15ClN2O3. The van der Waals surface area contributed by atoms with Crippen LogP contribution in [0.2, 0.25) is 5.02 Å². The summed E-state index contributed by atoms with van der Waals surface area (Å²) < 4.78 is 4.91. The molecule has 1 aliphatic heterocycles. The Bertz CT molecular complexity index is 479. The summed E-state index contributed by atoms with van der Waals surface area (Å²) in [6.07, 6.45) is 0.511. The summed E-state index contributed by atoms with van der Waals surface area (Å²) in [6.45, 7) is 1.99. The lowest BCUT2D eigenvalue weighted by molar-refractivity contribution is 0.0719. The first-order valence-electron chi connectivity index (χ1n) is 6.12. The van der Waals surface area contributed by atoms with E-state index >= 15 is 0 Å². The van der Waals surface area contributed by atoms with Gasteiger partial charge in [-0.25, -0.2) is 4.79 Å². The van der Waals surface area contributed by atoms with Crippen LogP contribution in [0.25, 0.3) is 0 Å². The van der Waals surface area contributed by atoms with Crippen LogP contribution in [0, 0.1) is 0 Å². The van der Waals surface area contributed by atoms with Crippen LogP contribution >= 0.6 is 11.6 Å². The van der Waals surface area contributed by atoms with E-state index in [-0.39, 0.29) is 12.0 Å². The first kappa shape index (κ1) is 13.7. The molecule has 0 aromatic heterocycles. The molecule has 5 nitrogen and oxygen atoms in total. The summed E-state index contributed by atoms with van der Waals surface area (Å²) >= 11 is 5.81. The third-order valence-electron chi connectivity index (χ3n) is 2.81. The van der Waals surface area contributed by atoms with Gasteiger partial charge in [-0.1, -0.05) is 17.7 Å². The molecule has 0 unspecified atom stereocenters. The van der Waals surface area contributed by atoms with Crippen molar-refractivity contribution < 1.29 is 14.3 Å². The number of nitrogens with one attached hydrogen (secondary N) is 1. The molecule has 0 radical (unpaired) electrons. The molecule has 0 atom stereocenters. The lowest BCUT2D eigenvalue weighted by Crippen LogP contribution is -2.42. The van der Waals surface area contributed by atoms with Gasteiger partial charge in [-0.3, -0.25) is 4.79 Å². The van der Waals surface area contributed by atoms with E-state index in [9.17, 15) is 9.59 Å². The van der Waals surface area contributed by atoms with E-state index in [1.165, 1.54) is 0 Å². The fourth-order valence-corrected chi connectivity index (χ4v) is 2.03. The van der Waals surface area contributed by atoms with Gasteiger partial charge in [0.15, 0.2) is 0 Å². The maximum Gasteiger partial charge on any atom is 0.409 e. The van der Waals surface area contributed by atoms with Crippen molar-refractivity contribution in [3.8, 4) is 0 Å². The van der Waals surface area contributed by atoms with E-state index in [1.54, 1.807) is 29.2 Å². The van der Waals surface area contributed by atoms with E-state index in [2.05, 4.69) is 5.32 Å². The molecule has 102 valence electrons. The van der Waals surface area contributed by atoms with Crippen LogP contribution in [0.1, 0.15) is 16.8 Å². The molecule has 1 aromatic carbocycles. The Kier molecular flexibility index (Phi) is 4.63. The zero-order valence-electron chi connectivity index (χ0n) is 10.4. The third kappa shape index (κ3) is 3.86. The van der Waals surface area contributed by atoms with E-state index in [0.717, 1.165) is 6.42 Å². The van der Waals surface area contributed by atoms with Gasteiger partial charge in [-0.2, -0.15) is 0 Å². The number of nitrogens with zero attached hydrogens (tertiary/aromatic N) is 1. The largest absolute Gasteiger partial charge is 0.449 e. The lowest BCUT2D eigenvalue weighted by atomic mass is 10.2. The van der Waals surface area contributed by atoms with E-state index in [1.807, 2.05) is 0 Å². The summed E-state index contributed by atoms with van der Waals surface area (Å²) in [7, 11) is 0. The van der Waals surface area contributed by atoms with Crippen molar-refractivity contribution in [3.05, 3.63) is 34.9 Å². The number of halogens is 1. The maximum atomic E-state index is 11.8. The standard InChI is InChI=1S/C13H15ClN2O3/c14-11-4-1-3-10(9-11)12(17)15-5-7-16-6-2-8-19-13(16)18/h1,3-4,9H,2,5-8H2,(H,15,17). The molecule has 1 heterocycles. The van der Waals surface area contributed by atoms with Gasteiger partial charge >= 0.3 is 6.09 Å². The van der Waals surface area contributed by atoms with Gasteiger partial charge < -0.3 is 15.0 Å². The molecule has 1 saturated heterocycles. The minimum absolute atomic E-state index is 0.201. The molecule has 0 spiro atoms. The van der Waals surface area contributed by atoms with Crippen LogP contribution in [0.4, 0.5) is 4.79 Å². The molecule has 19 heavy (non-hydrogen) atoms. The molecule has 6 heteroatoms. The quantitative estimate of drug-likeness (QED) is 0.918. The van der Waals surface area contributed by atoms with Gasteiger partial charge in [0.2, 0.25) is 0 Å². The number of ether oxygens (including phenoxy) is 1. The highest BCUT2D eigenvalue weighted by molar-refractivity contribution is 6.30. The minimum Gasteiger partial charge on any atom is -0.449 e. The van der Waals surface area contributed by atoms with Crippen molar-refractivity contribution >= 4 is 23.6 Å². The molecule has 2 amide bonds. The number of rotatable bonds is 4. The number of benzene rings is 1. The zero-order chi connectivity index (χ0) is 13.7. The SMILES string of the molecule is O=C(NCCN1CCCOC1=O)c1cccc(Cl)c1. The maximum absolute atomic E-state index is 11.8. The van der Waals surface area contributed by atoms with Crippen LogP contribution in [0.3, 0.4) is 0 Å². The Morgan fingerprint density at radius 2 is 2.32 bits per heavy atom. The molecule has 2 rings (SSSR count). The van der Waals surface area contributed by atoms with Crippen molar-refractivity contribution in [1.82, 2.24) is 10.2 Å². The average molecular weight is 283 g/mol. The molecule has 1 aromatic rings. The van der Waals surface area contributed by atoms with Crippen LogP contribution < -0.4 is 5.32 Å². The number of hydrogen-bond acceptors (Lipinski definition) is 3. The molecule has 0 saturated carbocycles. The monoisotopic (exact) mass is 282 g/mol. The Morgan fingerprint density at radius 3 is 3.05 bits per heavy atom. The minimum atomic E-state index is -0.316. The highest BCUT2D eigenvalue weighted by atomic mass is 35.5. The molecular weight excluding hydrogens is 268 g/mol. The van der Waals surface area contributed by atoms with Gasteiger partial charge in [0.25, 0.3) is 5.91 Å². The second-order valence-electron chi connectivity index (χ2n) is 4.22. The summed E-state index contributed by atoms with van der Waals surface area (Å²) in [4.78, 5) is 24.8. The summed E-state index contributed by atoms with van der Waals surface area (Å²) in [6, 6.07) is 6.73. The van der Waals surface area contributed by atoms with Gasteiger partial charge in [0.1, 0.15) is 0 Å². The first-order chi connectivity index (χ1) is 9.16. The van der Waals surface area contributed by atoms with Crippen molar-refractivity contribution in [3.63, 3.8) is 0 Å². The Hall–Kier alpha value is -1.75. The number of carbonyl (C=O) groups excluding carboxylic acids is 2. The van der Waals surface area contributed by atoms with Gasteiger partial charge in [0, 0.05) is 30.2 Å². The van der Waals surface area contributed by atoms with E-state index in [4.69, 9.17) is 16.3 Å². The van der Waals surface area contributed by atoms with Gasteiger partial charge in [-0.15, -0.1) is 0 Å². The van der Waals surface area contributed by atoms with Crippen molar-refractivity contribution in [1.29, 1.82) is 0 Å². The lowest BCUT2D eigenvalue weighted by Gasteiger charge is -2.26. The average Bonchev–Trinajstić information content (AvgIpc) is 2.41. The number of amides is 2. The predicted molar refractivity (Wildman–Crippen MR) is 71.3 cm³/mol. The Labute approximate surface area is 116 Å². The molecule has 0 aliphatic carbocycles. The fourth-order valence-electron chi connectivity index (χ4n) is 1.84. The summed E-state index contributed by atoms with van der Waals surface area (Å²) in [5.74, 6) is -0.201. The summed E-state index contributed by atoms with van der Waals surface area (Å²) in [5.41, 5.74) is 0.508. The molecule has 1 fully saturated rings. The van der Waals surface area contributed by atoms with E-state index < -0.39 is 0 Å². The van der Waals surface area contributed by atoms with Gasteiger partial charge in [0.05, 0.1) is 6.61 Å². The highest BCUT2D eigenvalue weighted by Gasteiger charge is 2.19. The van der Waals surface area contributed by atoms with E-state index in [0.29, 0.717) is 36.8 Å². The number of hydrogen-bond donors (Lipinski definition) is 1. The van der Waals surface area contributed by atoms with Crippen LogP contribution in [0.5, 0.6) is 0 Å². The van der Waals surface area contributed by atoms with Crippen molar-refractivity contribution in [2.45, 2.75) is 6.42 Å². The van der Waals surface area contributed by atoms with Crippen LogP contribution in [-0.4, -0.2) is 43.1 Å².